The monoisotopic (exact) mass is 639 g/mol. The molecule has 50 heavy (non-hydrogen) atoms. The zero-order valence-electron chi connectivity index (χ0n) is 27.0. The smallest absolute Gasteiger partial charge is 0.164 e. The Hall–Kier alpha value is -6.85. The summed E-state index contributed by atoms with van der Waals surface area (Å²) in [5.74, 6) is 1.92. The molecule has 0 atom stereocenters. The number of rotatable bonds is 5. The summed E-state index contributed by atoms with van der Waals surface area (Å²) in [6.45, 7) is 0. The van der Waals surface area contributed by atoms with E-state index in [0.29, 0.717) is 17.5 Å². The molecule has 0 aliphatic heterocycles. The van der Waals surface area contributed by atoms with Gasteiger partial charge in [-0.25, -0.2) is 15.0 Å². The highest BCUT2D eigenvalue weighted by molar-refractivity contribution is 6.16. The van der Waals surface area contributed by atoms with Crippen LogP contribution in [0.25, 0.3) is 89.2 Å². The summed E-state index contributed by atoms with van der Waals surface area (Å²) in [6.07, 6.45) is 0. The van der Waals surface area contributed by atoms with Gasteiger partial charge < -0.3 is 9.13 Å². The number of nitrogens with zero attached hydrogens (tertiary/aromatic N) is 5. The van der Waals surface area contributed by atoms with E-state index in [0.717, 1.165) is 39.1 Å². The summed E-state index contributed by atoms with van der Waals surface area (Å²) >= 11 is 0. The van der Waals surface area contributed by atoms with E-state index in [2.05, 4.69) is 124 Å². The van der Waals surface area contributed by atoms with Gasteiger partial charge in [0.25, 0.3) is 0 Å². The molecule has 0 bridgehead atoms. The van der Waals surface area contributed by atoms with Crippen molar-refractivity contribution in [3.63, 3.8) is 0 Å². The maximum atomic E-state index is 5.02. The van der Waals surface area contributed by atoms with E-state index in [1.54, 1.807) is 0 Å². The Labute approximate surface area is 288 Å². The Morgan fingerprint density at radius 2 is 0.760 bits per heavy atom. The molecule has 0 radical (unpaired) electrons. The first-order chi connectivity index (χ1) is 24.8. The minimum atomic E-state index is 0.631. The highest BCUT2D eigenvalue weighted by Crippen LogP contribution is 2.40. The van der Waals surface area contributed by atoms with Crippen LogP contribution in [0, 0.1) is 0 Å². The normalized spacial score (nSPS) is 11.6. The molecule has 5 nitrogen and oxygen atoms in total. The number of fused-ring (bicyclic) bond motifs is 6. The molecule has 0 unspecified atom stereocenters. The van der Waals surface area contributed by atoms with Crippen molar-refractivity contribution in [2.75, 3.05) is 0 Å². The van der Waals surface area contributed by atoms with Crippen LogP contribution in [0.15, 0.2) is 176 Å². The van der Waals surface area contributed by atoms with Gasteiger partial charge in [0, 0.05) is 43.9 Å². The van der Waals surface area contributed by atoms with Crippen molar-refractivity contribution in [2.45, 2.75) is 0 Å². The van der Waals surface area contributed by atoms with Gasteiger partial charge in [0.05, 0.1) is 27.8 Å². The predicted molar refractivity (Wildman–Crippen MR) is 205 cm³/mol. The molecule has 10 aromatic rings. The third-order valence-corrected chi connectivity index (χ3v) is 9.56. The van der Waals surface area contributed by atoms with Gasteiger partial charge in [0.1, 0.15) is 0 Å². The minimum Gasteiger partial charge on any atom is -0.309 e. The number of para-hydroxylation sites is 3. The summed E-state index contributed by atoms with van der Waals surface area (Å²) in [5.41, 5.74) is 9.67. The van der Waals surface area contributed by atoms with Gasteiger partial charge in [0.2, 0.25) is 0 Å². The average Bonchev–Trinajstić information content (AvgIpc) is 3.72. The van der Waals surface area contributed by atoms with E-state index in [9.17, 15) is 0 Å². The Morgan fingerprint density at radius 3 is 1.36 bits per heavy atom. The standard InChI is InChI=1S/C45H29N5/c1-3-15-30(16-4-1)43-46-44(31-17-5-2-6-18-31)48-45(47-43)32-19-13-20-33(29-32)49-39-26-12-9-23-36(39)42-40(49)27-14-28-41(42)50-37-24-10-7-21-34(37)35-22-8-11-25-38(35)50/h1-29H. The van der Waals surface area contributed by atoms with Crippen LogP contribution in [0.1, 0.15) is 0 Å². The van der Waals surface area contributed by atoms with Gasteiger partial charge in [-0.2, -0.15) is 0 Å². The number of aromatic nitrogens is 5. The first kappa shape index (κ1) is 28.2. The molecule has 0 saturated heterocycles. The van der Waals surface area contributed by atoms with Crippen LogP contribution in [0.3, 0.4) is 0 Å². The molecule has 7 aromatic carbocycles. The van der Waals surface area contributed by atoms with Crippen LogP contribution < -0.4 is 0 Å². The molecule has 3 heterocycles. The number of benzene rings is 7. The molecule has 234 valence electrons. The SMILES string of the molecule is c1ccc(-c2nc(-c3ccccc3)nc(-c3cccc(-n4c5ccccc5c5c(-n6c7ccccc7c7ccccc76)cccc54)c3)n2)cc1. The second-order valence-corrected chi connectivity index (χ2v) is 12.5. The Morgan fingerprint density at radius 1 is 0.320 bits per heavy atom. The molecule has 0 amide bonds. The summed E-state index contributed by atoms with van der Waals surface area (Å²) in [6, 6.07) is 61.5. The van der Waals surface area contributed by atoms with E-state index in [4.69, 9.17) is 15.0 Å². The van der Waals surface area contributed by atoms with Crippen LogP contribution in [-0.4, -0.2) is 24.1 Å². The molecular formula is C45H29N5. The number of hydrogen-bond acceptors (Lipinski definition) is 3. The molecule has 0 N–H and O–H groups in total. The third kappa shape index (κ3) is 4.45. The van der Waals surface area contributed by atoms with Crippen molar-refractivity contribution in [2.24, 2.45) is 0 Å². The molecule has 0 saturated carbocycles. The topological polar surface area (TPSA) is 48.5 Å². The third-order valence-electron chi connectivity index (χ3n) is 9.56. The maximum Gasteiger partial charge on any atom is 0.164 e. The van der Waals surface area contributed by atoms with Crippen LogP contribution in [0.5, 0.6) is 0 Å². The van der Waals surface area contributed by atoms with Crippen molar-refractivity contribution in [3.8, 4) is 45.5 Å². The van der Waals surface area contributed by atoms with Gasteiger partial charge >= 0.3 is 0 Å². The van der Waals surface area contributed by atoms with Crippen LogP contribution in [0.2, 0.25) is 0 Å². The first-order valence-electron chi connectivity index (χ1n) is 16.8. The fourth-order valence-electron chi connectivity index (χ4n) is 7.37. The summed E-state index contributed by atoms with van der Waals surface area (Å²) < 4.78 is 4.78. The molecule has 0 spiro atoms. The second-order valence-electron chi connectivity index (χ2n) is 12.5. The average molecular weight is 640 g/mol. The summed E-state index contributed by atoms with van der Waals surface area (Å²) in [5, 5.41) is 4.90. The molecular weight excluding hydrogens is 611 g/mol. The summed E-state index contributed by atoms with van der Waals surface area (Å²) in [7, 11) is 0. The lowest BCUT2D eigenvalue weighted by Gasteiger charge is -2.12. The minimum absolute atomic E-state index is 0.631. The van der Waals surface area contributed by atoms with Gasteiger partial charge in [-0.1, -0.05) is 133 Å². The zero-order chi connectivity index (χ0) is 33.0. The van der Waals surface area contributed by atoms with E-state index < -0.39 is 0 Å². The second kappa shape index (κ2) is 11.4. The Kier molecular flexibility index (Phi) is 6.42. The van der Waals surface area contributed by atoms with Crippen LogP contribution in [0.4, 0.5) is 0 Å². The van der Waals surface area contributed by atoms with E-state index in [1.807, 2.05) is 60.7 Å². The number of hydrogen-bond donors (Lipinski definition) is 0. The van der Waals surface area contributed by atoms with Crippen LogP contribution in [-0.2, 0) is 0 Å². The van der Waals surface area contributed by atoms with Gasteiger partial charge in [0.15, 0.2) is 17.5 Å². The first-order valence-corrected chi connectivity index (χ1v) is 16.8. The van der Waals surface area contributed by atoms with Crippen molar-refractivity contribution < 1.29 is 0 Å². The molecule has 5 heteroatoms. The molecule has 10 rings (SSSR count). The van der Waals surface area contributed by atoms with Crippen molar-refractivity contribution in [3.05, 3.63) is 176 Å². The molecule has 3 aromatic heterocycles. The predicted octanol–water partition coefficient (Wildman–Crippen LogP) is 11.1. The quantitative estimate of drug-likeness (QED) is 0.188. The summed E-state index contributed by atoms with van der Waals surface area (Å²) in [4.78, 5) is 14.9. The van der Waals surface area contributed by atoms with Gasteiger partial charge in [-0.3, -0.25) is 0 Å². The fourth-order valence-corrected chi connectivity index (χ4v) is 7.37. The maximum absolute atomic E-state index is 5.02. The van der Waals surface area contributed by atoms with E-state index in [-0.39, 0.29) is 0 Å². The largest absolute Gasteiger partial charge is 0.309 e. The lowest BCUT2D eigenvalue weighted by Crippen LogP contribution is -2.01. The lowest BCUT2D eigenvalue weighted by atomic mass is 10.1. The van der Waals surface area contributed by atoms with Crippen molar-refractivity contribution >= 4 is 43.6 Å². The van der Waals surface area contributed by atoms with Gasteiger partial charge in [-0.15, -0.1) is 0 Å². The molecule has 0 aliphatic carbocycles. The van der Waals surface area contributed by atoms with E-state index in [1.165, 1.54) is 32.6 Å². The Bertz CT molecular complexity index is 2760. The van der Waals surface area contributed by atoms with E-state index >= 15 is 0 Å². The fraction of sp³-hybridized carbons (Fsp3) is 0. The highest BCUT2D eigenvalue weighted by atomic mass is 15.0. The molecule has 0 fully saturated rings. The van der Waals surface area contributed by atoms with Crippen LogP contribution >= 0.6 is 0 Å². The Balaban J connectivity index is 1.20. The zero-order valence-corrected chi connectivity index (χ0v) is 27.0. The van der Waals surface area contributed by atoms with Gasteiger partial charge in [-0.05, 0) is 42.5 Å². The van der Waals surface area contributed by atoms with Crippen molar-refractivity contribution in [1.29, 1.82) is 0 Å². The highest BCUT2D eigenvalue weighted by Gasteiger charge is 2.20. The van der Waals surface area contributed by atoms with Crippen molar-refractivity contribution in [1.82, 2.24) is 24.1 Å². The molecule has 0 aliphatic rings. The lowest BCUT2D eigenvalue weighted by molar-refractivity contribution is 1.07.